The van der Waals surface area contributed by atoms with Gasteiger partial charge >= 0.3 is 0 Å². The highest BCUT2D eigenvalue weighted by Crippen LogP contribution is 2.31. The van der Waals surface area contributed by atoms with E-state index in [-0.39, 0.29) is 55.2 Å². The lowest BCUT2D eigenvalue weighted by Gasteiger charge is -2.33. The number of sulfonamides is 2. The molecule has 1 aromatic carbocycles. The van der Waals surface area contributed by atoms with Gasteiger partial charge in [-0.3, -0.25) is 10.1 Å². The topological polar surface area (TPSA) is 139 Å². The Bertz CT molecular complexity index is 975. The molecule has 1 atom stereocenters. The molecule has 0 saturated carbocycles. The third-order valence-corrected chi connectivity index (χ3v) is 8.18. The maximum atomic E-state index is 13.1. The molecule has 1 N–H and O–H groups in total. The summed E-state index contributed by atoms with van der Waals surface area (Å²) in [6.07, 6.45) is 2.42. The number of anilines is 1. The highest BCUT2D eigenvalue weighted by Gasteiger charge is 2.32. The number of nitro benzene ring substituents is 1. The normalized spacial score (nSPS) is 22.3. The van der Waals surface area contributed by atoms with Crippen molar-refractivity contribution in [2.24, 2.45) is 0 Å². The van der Waals surface area contributed by atoms with Crippen molar-refractivity contribution in [3.63, 3.8) is 0 Å². The van der Waals surface area contributed by atoms with Gasteiger partial charge < -0.3 is 10.1 Å². The number of hydrogen-bond acceptors (Lipinski definition) is 8. The van der Waals surface area contributed by atoms with Crippen molar-refractivity contribution in [3.8, 4) is 0 Å². The smallest absolute Gasteiger partial charge is 0.270 e. The average molecular weight is 449 g/mol. The van der Waals surface area contributed by atoms with Gasteiger partial charge in [-0.2, -0.15) is 4.31 Å². The lowest BCUT2D eigenvalue weighted by Crippen LogP contribution is -2.45. The summed E-state index contributed by atoms with van der Waals surface area (Å²) in [5.74, 6) is 0. The largest absolute Gasteiger partial charge is 0.380 e. The van der Waals surface area contributed by atoms with Crippen LogP contribution in [0.5, 0.6) is 0 Å². The summed E-state index contributed by atoms with van der Waals surface area (Å²) in [7, 11) is -7.35. The first-order chi connectivity index (χ1) is 13.6. The molecule has 2 aliphatic rings. The number of nitrogens with zero attached hydrogens (tertiary/aromatic N) is 3. The lowest BCUT2D eigenvalue weighted by molar-refractivity contribution is -0.385. The summed E-state index contributed by atoms with van der Waals surface area (Å²) in [6.45, 7) is 1.44. The fourth-order valence-corrected chi connectivity index (χ4v) is 5.96. The summed E-state index contributed by atoms with van der Waals surface area (Å²) in [5.41, 5.74) is -0.105. The third-order valence-electron chi connectivity index (χ3n) is 4.98. The van der Waals surface area contributed by atoms with Crippen LogP contribution in [0.4, 0.5) is 11.4 Å². The molecule has 29 heavy (non-hydrogen) atoms. The van der Waals surface area contributed by atoms with Crippen molar-refractivity contribution in [2.45, 2.75) is 23.8 Å². The molecule has 1 unspecified atom stereocenters. The second kappa shape index (κ2) is 8.52. The minimum absolute atomic E-state index is 0.162. The number of ether oxygens (including phenoxy) is 1. The van der Waals surface area contributed by atoms with Gasteiger partial charge in [0.1, 0.15) is 4.90 Å². The predicted octanol–water partition coefficient (Wildman–Crippen LogP) is 0.452. The maximum absolute atomic E-state index is 13.1. The summed E-state index contributed by atoms with van der Waals surface area (Å²) >= 11 is 0. The Balaban J connectivity index is 1.93. The quantitative estimate of drug-likeness (QED) is 0.489. The van der Waals surface area contributed by atoms with E-state index in [1.54, 1.807) is 0 Å². The molecule has 13 heteroatoms. The van der Waals surface area contributed by atoms with Crippen molar-refractivity contribution >= 4 is 31.4 Å². The molecule has 3 rings (SSSR count). The average Bonchev–Trinajstić information content (AvgIpc) is 2.68. The fourth-order valence-electron chi connectivity index (χ4n) is 3.46. The van der Waals surface area contributed by atoms with E-state index in [1.807, 2.05) is 0 Å². The van der Waals surface area contributed by atoms with Gasteiger partial charge in [0, 0.05) is 44.4 Å². The Hall–Kier alpha value is -1.80. The highest BCUT2D eigenvalue weighted by atomic mass is 32.2. The Morgan fingerprint density at radius 2 is 1.83 bits per heavy atom. The van der Waals surface area contributed by atoms with Crippen LogP contribution in [-0.2, 0) is 24.8 Å². The molecule has 2 fully saturated rings. The van der Waals surface area contributed by atoms with Crippen molar-refractivity contribution in [1.82, 2.24) is 8.61 Å². The summed E-state index contributed by atoms with van der Waals surface area (Å²) in [6, 6.07) is 3.34. The standard InChI is InChI=1S/C16H24N4O7S2/c1-28(23,24)19-6-2-3-13(12-19)17-15-5-4-14(20(21)22)11-16(15)29(25,26)18-7-9-27-10-8-18/h4-5,11,13,17H,2-3,6-10,12H2,1H3. The molecule has 11 nitrogen and oxygen atoms in total. The zero-order chi connectivity index (χ0) is 21.2. The number of hydrogen-bond donors (Lipinski definition) is 1. The van der Waals surface area contributed by atoms with Crippen LogP contribution in [0.15, 0.2) is 23.1 Å². The molecule has 162 valence electrons. The van der Waals surface area contributed by atoms with Crippen molar-refractivity contribution < 1.29 is 26.5 Å². The van der Waals surface area contributed by atoms with Gasteiger partial charge in [-0.1, -0.05) is 0 Å². The number of non-ortho nitro benzene ring substituents is 1. The monoisotopic (exact) mass is 448 g/mol. The molecule has 0 aromatic heterocycles. The van der Waals surface area contributed by atoms with Crippen LogP contribution in [0.3, 0.4) is 0 Å². The first-order valence-electron chi connectivity index (χ1n) is 9.17. The molecular formula is C16H24N4O7S2. The Morgan fingerprint density at radius 1 is 1.14 bits per heavy atom. The fraction of sp³-hybridized carbons (Fsp3) is 0.625. The van der Waals surface area contributed by atoms with E-state index in [4.69, 9.17) is 4.74 Å². The van der Waals surface area contributed by atoms with E-state index in [0.717, 1.165) is 12.3 Å². The molecule has 0 amide bonds. The number of rotatable bonds is 6. The van der Waals surface area contributed by atoms with E-state index in [1.165, 1.54) is 20.7 Å². The van der Waals surface area contributed by atoms with Gasteiger partial charge in [-0.05, 0) is 18.9 Å². The molecule has 2 aliphatic heterocycles. The molecule has 0 aliphatic carbocycles. The molecule has 0 radical (unpaired) electrons. The van der Waals surface area contributed by atoms with E-state index in [0.29, 0.717) is 19.4 Å². The minimum Gasteiger partial charge on any atom is -0.380 e. The van der Waals surface area contributed by atoms with Crippen LogP contribution in [0.1, 0.15) is 12.8 Å². The minimum atomic E-state index is -3.99. The molecule has 0 spiro atoms. The van der Waals surface area contributed by atoms with Crippen molar-refractivity contribution in [2.75, 3.05) is 51.0 Å². The number of morpholine rings is 1. The van der Waals surface area contributed by atoms with Crippen LogP contribution in [0, 0.1) is 10.1 Å². The molecule has 0 bridgehead atoms. The zero-order valence-electron chi connectivity index (χ0n) is 16.0. The number of nitrogens with one attached hydrogen (secondary N) is 1. The Morgan fingerprint density at radius 3 is 2.45 bits per heavy atom. The van der Waals surface area contributed by atoms with Crippen LogP contribution in [0.2, 0.25) is 0 Å². The van der Waals surface area contributed by atoms with Crippen LogP contribution in [0.25, 0.3) is 0 Å². The Kier molecular flexibility index (Phi) is 6.43. The number of nitro groups is 1. The van der Waals surface area contributed by atoms with Crippen LogP contribution >= 0.6 is 0 Å². The number of benzene rings is 1. The zero-order valence-corrected chi connectivity index (χ0v) is 17.6. The van der Waals surface area contributed by atoms with E-state index >= 15 is 0 Å². The lowest BCUT2D eigenvalue weighted by atomic mass is 10.1. The van der Waals surface area contributed by atoms with Crippen LogP contribution in [-0.4, -0.2) is 82.1 Å². The van der Waals surface area contributed by atoms with Gasteiger partial charge in [0.15, 0.2) is 0 Å². The number of piperidine rings is 1. The third kappa shape index (κ3) is 5.04. The van der Waals surface area contributed by atoms with Gasteiger partial charge in [-0.15, -0.1) is 0 Å². The van der Waals surface area contributed by atoms with Crippen molar-refractivity contribution in [1.29, 1.82) is 0 Å². The summed E-state index contributed by atoms with van der Waals surface area (Å²) in [5, 5.41) is 14.3. The Labute approximate surface area is 169 Å². The van der Waals surface area contributed by atoms with Crippen LogP contribution < -0.4 is 5.32 Å². The van der Waals surface area contributed by atoms with Gasteiger partial charge in [0.05, 0.1) is 30.1 Å². The molecular weight excluding hydrogens is 424 g/mol. The van der Waals surface area contributed by atoms with E-state index in [2.05, 4.69) is 5.32 Å². The van der Waals surface area contributed by atoms with E-state index < -0.39 is 25.0 Å². The highest BCUT2D eigenvalue weighted by molar-refractivity contribution is 7.89. The SMILES string of the molecule is CS(=O)(=O)N1CCCC(Nc2ccc([N+](=O)[O-])cc2S(=O)(=O)N2CCOCC2)C1. The first kappa shape index (κ1) is 21.9. The first-order valence-corrected chi connectivity index (χ1v) is 12.5. The predicted molar refractivity (Wildman–Crippen MR) is 106 cm³/mol. The van der Waals surface area contributed by atoms with Gasteiger partial charge in [-0.25, -0.2) is 21.1 Å². The summed E-state index contributed by atoms with van der Waals surface area (Å²) in [4.78, 5) is 10.4. The maximum Gasteiger partial charge on any atom is 0.270 e. The molecule has 2 heterocycles. The molecule has 2 saturated heterocycles. The second-order valence-corrected chi connectivity index (χ2v) is 10.9. The van der Waals surface area contributed by atoms with Gasteiger partial charge in [0.2, 0.25) is 20.0 Å². The van der Waals surface area contributed by atoms with Crippen molar-refractivity contribution in [3.05, 3.63) is 28.3 Å². The van der Waals surface area contributed by atoms with Gasteiger partial charge in [0.25, 0.3) is 5.69 Å². The van der Waals surface area contributed by atoms with E-state index in [9.17, 15) is 26.9 Å². The second-order valence-electron chi connectivity index (χ2n) is 7.06. The molecule has 1 aromatic rings. The summed E-state index contributed by atoms with van der Waals surface area (Å²) < 4.78 is 57.8.